The monoisotopic (exact) mass is 580 g/mol. The second-order valence-corrected chi connectivity index (χ2v) is 13.6. The highest BCUT2D eigenvalue weighted by molar-refractivity contribution is 7.50. The lowest BCUT2D eigenvalue weighted by Crippen LogP contribution is -2.54. The molecule has 0 spiro atoms. The number of rotatable bonds is 7. The predicted molar refractivity (Wildman–Crippen MR) is 145 cm³/mol. The van der Waals surface area contributed by atoms with Gasteiger partial charge >= 0.3 is 7.60 Å². The quantitative estimate of drug-likeness (QED) is 0.369. The van der Waals surface area contributed by atoms with E-state index in [2.05, 4.69) is 10.6 Å². The summed E-state index contributed by atoms with van der Waals surface area (Å²) in [5.74, 6) is -0.618. The van der Waals surface area contributed by atoms with Gasteiger partial charge in [-0.25, -0.2) is 4.39 Å². The molecule has 3 saturated heterocycles. The second-order valence-electron chi connectivity index (χ2n) is 10.8. The predicted octanol–water partition coefficient (Wildman–Crippen LogP) is 2.38. The van der Waals surface area contributed by atoms with E-state index in [4.69, 9.17) is 0 Å². The molecule has 4 N–H and O–H groups in total. The molecule has 5 atom stereocenters. The van der Waals surface area contributed by atoms with Crippen LogP contribution in [0.4, 0.5) is 4.39 Å². The highest BCUT2D eigenvalue weighted by Crippen LogP contribution is 2.40. The number of hydrogen-bond donors (Lipinski definition) is 4. The van der Waals surface area contributed by atoms with E-state index in [0.717, 1.165) is 35.8 Å². The fourth-order valence-electron chi connectivity index (χ4n) is 6.07. The number of likely N-dealkylation sites (tertiary alicyclic amines) is 1. The van der Waals surface area contributed by atoms with E-state index in [1.165, 1.54) is 23.2 Å². The van der Waals surface area contributed by atoms with Crippen molar-refractivity contribution in [2.45, 2.75) is 75.5 Å². The third-order valence-corrected chi connectivity index (χ3v) is 9.90. The van der Waals surface area contributed by atoms with Gasteiger partial charge in [0.05, 0.1) is 23.6 Å². The molecule has 0 radical (unpaired) electrons. The Bertz CT molecular complexity index is 1320. The van der Waals surface area contributed by atoms with E-state index in [9.17, 15) is 33.1 Å². The molecule has 3 aliphatic rings. The normalized spacial score (nSPS) is 27.6. The molecule has 5 rings (SSSR count). The Morgan fingerprint density at radius 1 is 1.15 bits per heavy atom. The molecule has 1 aromatic heterocycles. The summed E-state index contributed by atoms with van der Waals surface area (Å²) < 4.78 is 26.6. The number of fused-ring (bicyclic) bond motifs is 2. The van der Waals surface area contributed by atoms with Gasteiger partial charge in [0, 0.05) is 36.8 Å². The zero-order valence-corrected chi connectivity index (χ0v) is 23.4. The van der Waals surface area contributed by atoms with E-state index < -0.39 is 25.9 Å². The van der Waals surface area contributed by atoms with Crippen LogP contribution in [0.25, 0.3) is 10.1 Å². The molecule has 39 heavy (non-hydrogen) atoms. The smallest absolute Gasteiger partial charge is 0.329 e. The van der Waals surface area contributed by atoms with Crippen LogP contribution in [0.3, 0.4) is 0 Å². The summed E-state index contributed by atoms with van der Waals surface area (Å²) in [7, 11) is -4.21. The van der Waals surface area contributed by atoms with Crippen molar-refractivity contribution in [3.05, 3.63) is 34.7 Å². The minimum absolute atomic E-state index is 0.0831. The summed E-state index contributed by atoms with van der Waals surface area (Å²) in [4.78, 5) is 60.8. The third-order valence-electron chi connectivity index (χ3n) is 8.01. The number of benzene rings is 1. The van der Waals surface area contributed by atoms with Crippen LogP contribution in [0.1, 0.15) is 54.3 Å². The van der Waals surface area contributed by atoms with Gasteiger partial charge in [-0.3, -0.25) is 18.9 Å². The van der Waals surface area contributed by atoms with Crippen LogP contribution in [0, 0.1) is 0 Å². The minimum atomic E-state index is -4.21. The molecule has 0 saturated carbocycles. The standard InChI is InChI=1S/C26H34FN4O6PS/c1-15(32)30-12-20(27)22(13-30)28-11-19-7-6-18-3-2-4-21(26(34)31(18)19)29-25(33)24-10-17-9-16(14-38(35,36)37)5-8-23(17)39-24/h5,8-10,18-22,28H,2-4,6-7,11-14H2,1H3,(H,29,33)(H2,35,36,37)/t18-,19-,20-,21-,22-/m0/s1. The highest BCUT2D eigenvalue weighted by atomic mass is 32.1. The van der Waals surface area contributed by atoms with Gasteiger partial charge in [-0.05, 0) is 61.3 Å². The Morgan fingerprint density at radius 3 is 2.67 bits per heavy atom. The first-order chi connectivity index (χ1) is 18.5. The van der Waals surface area contributed by atoms with E-state index >= 15 is 0 Å². The summed E-state index contributed by atoms with van der Waals surface area (Å²) in [5.41, 5.74) is 0.491. The molecule has 3 aliphatic heterocycles. The van der Waals surface area contributed by atoms with Crippen LogP contribution < -0.4 is 10.6 Å². The maximum absolute atomic E-state index is 14.5. The summed E-state index contributed by atoms with van der Waals surface area (Å²) in [6.07, 6.45) is 2.36. The largest absolute Gasteiger partial charge is 0.340 e. The molecule has 0 unspecified atom stereocenters. The van der Waals surface area contributed by atoms with Crippen molar-refractivity contribution < 1.29 is 33.1 Å². The van der Waals surface area contributed by atoms with Crippen LogP contribution in [-0.4, -0.2) is 87.3 Å². The van der Waals surface area contributed by atoms with Crippen molar-refractivity contribution in [3.63, 3.8) is 0 Å². The zero-order valence-electron chi connectivity index (χ0n) is 21.7. The second kappa shape index (κ2) is 11.2. The van der Waals surface area contributed by atoms with Crippen molar-refractivity contribution in [1.29, 1.82) is 0 Å². The number of halogens is 1. The molecular formula is C26H34FN4O6PS. The van der Waals surface area contributed by atoms with Gasteiger partial charge in [-0.1, -0.05) is 6.07 Å². The first-order valence-corrected chi connectivity index (χ1v) is 15.9. The average molecular weight is 581 g/mol. The average Bonchev–Trinajstić information content (AvgIpc) is 3.54. The van der Waals surface area contributed by atoms with Gasteiger partial charge < -0.3 is 30.2 Å². The number of alkyl halides is 1. The maximum atomic E-state index is 14.5. The van der Waals surface area contributed by atoms with Gasteiger partial charge in [0.25, 0.3) is 5.91 Å². The summed E-state index contributed by atoms with van der Waals surface area (Å²) >= 11 is 1.27. The van der Waals surface area contributed by atoms with Crippen LogP contribution in [-0.2, 0) is 20.3 Å². The maximum Gasteiger partial charge on any atom is 0.329 e. The number of carbonyl (C=O) groups is 3. The topological polar surface area (TPSA) is 139 Å². The summed E-state index contributed by atoms with van der Waals surface area (Å²) in [6, 6.07) is 5.62. The van der Waals surface area contributed by atoms with Gasteiger partial charge in [0.2, 0.25) is 11.8 Å². The third kappa shape index (κ3) is 6.36. The number of hydrogen-bond acceptors (Lipinski definition) is 6. The lowest BCUT2D eigenvalue weighted by molar-refractivity contribution is -0.135. The summed E-state index contributed by atoms with van der Waals surface area (Å²) in [5, 5.41) is 6.89. The van der Waals surface area contributed by atoms with Gasteiger partial charge in [0.15, 0.2) is 0 Å². The molecular weight excluding hydrogens is 546 g/mol. The fourth-order valence-corrected chi connectivity index (χ4v) is 7.69. The Balaban J connectivity index is 1.24. The number of thiophene rings is 1. The van der Waals surface area contributed by atoms with Gasteiger partial charge in [0.1, 0.15) is 12.2 Å². The van der Waals surface area contributed by atoms with Crippen LogP contribution in [0.15, 0.2) is 24.3 Å². The van der Waals surface area contributed by atoms with Crippen LogP contribution >= 0.6 is 18.9 Å². The Hall–Kier alpha value is -2.37. The number of nitrogens with zero attached hydrogens (tertiary/aromatic N) is 2. The van der Waals surface area contributed by atoms with Gasteiger partial charge in [-0.15, -0.1) is 11.3 Å². The van der Waals surface area contributed by atoms with E-state index in [1.807, 2.05) is 4.90 Å². The SMILES string of the molecule is CC(=O)N1C[C@H](NC[C@@H]2CC[C@@H]3CCC[C@H](NC(=O)c4cc5cc(CP(=O)(O)O)ccc5s4)C(=O)N32)[C@@H](F)C1. The van der Waals surface area contributed by atoms with E-state index in [-0.39, 0.29) is 42.5 Å². The molecule has 13 heteroatoms. The lowest BCUT2D eigenvalue weighted by atomic mass is 10.1. The molecule has 3 fully saturated rings. The molecule has 10 nitrogen and oxygen atoms in total. The Labute approximate surface area is 230 Å². The number of nitrogens with one attached hydrogen (secondary N) is 2. The molecule has 1 aromatic carbocycles. The fraction of sp³-hybridized carbons (Fsp3) is 0.577. The first kappa shape index (κ1) is 28.2. The number of amides is 3. The number of carbonyl (C=O) groups excluding carboxylic acids is 3. The van der Waals surface area contributed by atoms with Gasteiger partial charge in [-0.2, -0.15) is 0 Å². The van der Waals surface area contributed by atoms with Crippen LogP contribution in [0.2, 0.25) is 0 Å². The van der Waals surface area contributed by atoms with Crippen molar-refractivity contribution in [2.24, 2.45) is 0 Å². The first-order valence-electron chi connectivity index (χ1n) is 13.3. The zero-order chi connectivity index (χ0) is 27.9. The van der Waals surface area contributed by atoms with Crippen molar-refractivity contribution in [1.82, 2.24) is 20.4 Å². The molecule has 0 aliphatic carbocycles. The van der Waals surface area contributed by atoms with Crippen LogP contribution in [0.5, 0.6) is 0 Å². The molecule has 2 aromatic rings. The summed E-state index contributed by atoms with van der Waals surface area (Å²) in [6.45, 7) is 2.27. The Morgan fingerprint density at radius 2 is 1.95 bits per heavy atom. The Kier molecular flexibility index (Phi) is 8.13. The molecule has 212 valence electrons. The van der Waals surface area contributed by atoms with E-state index in [1.54, 1.807) is 24.3 Å². The van der Waals surface area contributed by atoms with Crippen molar-refractivity contribution in [3.8, 4) is 0 Å². The molecule has 4 heterocycles. The minimum Gasteiger partial charge on any atom is -0.340 e. The molecule has 3 amide bonds. The highest BCUT2D eigenvalue weighted by Gasteiger charge is 2.43. The molecule has 0 bridgehead atoms. The lowest BCUT2D eigenvalue weighted by Gasteiger charge is -2.32. The van der Waals surface area contributed by atoms with E-state index in [0.29, 0.717) is 30.0 Å². The van der Waals surface area contributed by atoms with Crippen molar-refractivity contribution >= 4 is 46.7 Å². The van der Waals surface area contributed by atoms with Crippen molar-refractivity contribution in [2.75, 3.05) is 19.6 Å².